The first-order valence-corrected chi connectivity index (χ1v) is 8.22. The van der Waals surface area contributed by atoms with Crippen LogP contribution in [0.25, 0.3) is 0 Å². The summed E-state index contributed by atoms with van der Waals surface area (Å²) in [7, 11) is 2.09. The van der Waals surface area contributed by atoms with E-state index in [4.69, 9.17) is 0 Å². The molecule has 1 aromatic rings. The maximum absolute atomic E-state index is 3.41. The van der Waals surface area contributed by atoms with Gasteiger partial charge in [-0.3, -0.25) is 0 Å². The number of hydrogen-bond donors (Lipinski definition) is 1. The molecule has 1 aliphatic carbocycles. The second-order valence-electron chi connectivity index (χ2n) is 7.08. The van der Waals surface area contributed by atoms with Gasteiger partial charge in [0.1, 0.15) is 0 Å². The molecule has 112 valence electrons. The van der Waals surface area contributed by atoms with Gasteiger partial charge in [-0.05, 0) is 88.1 Å². The molecule has 0 aromatic heterocycles. The zero-order valence-electron chi connectivity index (χ0n) is 13.9. The van der Waals surface area contributed by atoms with Crippen molar-refractivity contribution in [3.8, 4) is 0 Å². The molecule has 20 heavy (non-hydrogen) atoms. The smallest absolute Gasteiger partial charge is 0.00208 e. The van der Waals surface area contributed by atoms with E-state index in [0.29, 0.717) is 0 Å². The fourth-order valence-corrected chi connectivity index (χ4v) is 4.14. The largest absolute Gasteiger partial charge is 0.319 e. The van der Waals surface area contributed by atoms with Crippen LogP contribution in [0.5, 0.6) is 0 Å². The molecule has 1 aliphatic rings. The van der Waals surface area contributed by atoms with Crippen LogP contribution in [0.15, 0.2) is 12.1 Å². The van der Waals surface area contributed by atoms with E-state index in [1.807, 2.05) is 0 Å². The topological polar surface area (TPSA) is 12.0 Å². The Morgan fingerprint density at radius 1 is 1.05 bits per heavy atom. The summed E-state index contributed by atoms with van der Waals surface area (Å²) < 4.78 is 0. The number of hydrogen-bond acceptors (Lipinski definition) is 1. The van der Waals surface area contributed by atoms with Crippen LogP contribution in [0.1, 0.15) is 48.4 Å². The molecule has 1 aromatic carbocycles. The minimum absolute atomic E-state index is 0.853. The summed E-state index contributed by atoms with van der Waals surface area (Å²) in [5, 5.41) is 3.41. The van der Waals surface area contributed by atoms with E-state index in [2.05, 4.69) is 52.2 Å². The third-order valence-corrected chi connectivity index (χ3v) is 5.18. The van der Waals surface area contributed by atoms with Crippen molar-refractivity contribution in [3.05, 3.63) is 34.4 Å². The molecule has 0 heterocycles. The van der Waals surface area contributed by atoms with Gasteiger partial charge in [0.25, 0.3) is 0 Å². The first kappa shape index (κ1) is 15.6. The summed E-state index contributed by atoms with van der Waals surface area (Å²) in [5.74, 6) is 2.61. The summed E-state index contributed by atoms with van der Waals surface area (Å²) in [6, 6.07) is 4.70. The molecular formula is C19H31N. The summed E-state index contributed by atoms with van der Waals surface area (Å²) in [6.45, 7) is 10.4. The van der Waals surface area contributed by atoms with Gasteiger partial charge in [-0.15, -0.1) is 0 Å². The van der Waals surface area contributed by atoms with Gasteiger partial charge in [-0.1, -0.05) is 31.0 Å². The molecule has 0 amide bonds. The molecule has 2 rings (SSSR count). The van der Waals surface area contributed by atoms with Crippen molar-refractivity contribution in [2.45, 2.75) is 53.4 Å². The van der Waals surface area contributed by atoms with Gasteiger partial charge in [0.05, 0.1) is 0 Å². The van der Waals surface area contributed by atoms with E-state index in [1.54, 1.807) is 5.56 Å². The van der Waals surface area contributed by atoms with Crippen LogP contribution >= 0.6 is 0 Å². The van der Waals surface area contributed by atoms with Crippen molar-refractivity contribution in [2.75, 3.05) is 13.6 Å². The van der Waals surface area contributed by atoms with Gasteiger partial charge in [0.15, 0.2) is 0 Å². The number of benzene rings is 1. The third kappa shape index (κ3) is 3.63. The summed E-state index contributed by atoms with van der Waals surface area (Å²) in [5.41, 5.74) is 5.98. The Morgan fingerprint density at radius 2 is 1.70 bits per heavy atom. The maximum Gasteiger partial charge on any atom is -0.00208 e. The Kier molecular flexibility index (Phi) is 5.26. The lowest BCUT2D eigenvalue weighted by Crippen LogP contribution is -2.32. The predicted octanol–water partition coefficient (Wildman–Crippen LogP) is 4.43. The molecule has 0 aliphatic heterocycles. The van der Waals surface area contributed by atoms with Gasteiger partial charge in [-0.25, -0.2) is 0 Å². The summed E-state index contributed by atoms with van der Waals surface area (Å²) in [6.07, 6.45) is 5.49. The van der Waals surface area contributed by atoms with Crippen molar-refractivity contribution in [1.82, 2.24) is 5.32 Å². The highest BCUT2D eigenvalue weighted by molar-refractivity contribution is 5.37. The fraction of sp³-hybridized carbons (Fsp3) is 0.684. The SMILES string of the molecule is CNCC1CCC(C)CC1Cc1c(C)cc(C)cc1C. The molecule has 1 nitrogen and oxygen atoms in total. The maximum atomic E-state index is 3.41. The molecule has 0 saturated heterocycles. The predicted molar refractivity (Wildman–Crippen MR) is 88.3 cm³/mol. The van der Waals surface area contributed by atoms with E-state index in [9.17, 15) is 0 Å². The Morgan fingerprint density at radius 3 is 2.30 bits per heavy atom. The highest BCUT2D eigenvalue weighted by Crippen LogP contribution is 2.36. The van der Waals surface area contributed by atoms with Gasteiger partial charge in [0.2, 0.25) is 0 Å². The minimum Gasteiger partial charge on any atom is -0.319 e. The quantitative estimate of drug-likeness (QED) is 0.856. The normalized spacial score (nSPS) is 26.8. The van der Waals surface area contributed by atoms with Crippen molar-refractivity contribution < 1.29 is 0 Å². The summed E-state index contributed by atoms with van der Waals surface area (Å²) >= 11 is 0. The van der Waals surface area contributed by atoms with Crippen LogP contribution in [-0.2, 0) is 6.42 Å². The van der Waals surface area contributed by atoms with Crippen LogP contribution in [0.4, 0.5) is 0 Å². The number of nitrogens with one attached hydrogen (secondary N) is 1. The van der Waals surface area contributed by atoms with Crippen molar-refractivity contribution in [2.24, 2.45) is 17.8 Å². The number of aryl methyl sites for hydroxylation is 3. The highest BCUT2D eigenvalue weighted by atomic mass is 14.8. The van der Waals surface area contributed by atoms with Gasteiger partial charge >= 0.3 is 0 Å². The van der Waals surface area contributed by atoms with Crippen LogP contribution in [0.3, 0.4) is 0 Å². The zero-order chi connectivity index (χ0) is 14.7. The molecule has 0 bridgehead atoms. The second-order valence-corrected chi connectivity index (χ2v) is 7.08. The Labute approximate surface area is 125 Å². The first-order chi connectivity index (χ1) is 9.51. The van der Waals surface area contributed by atoms with E-state index < -0.39 is 0 Å². The molecule has 3 unspecified atom stereocenters. The highest BCUT2D eigenvalue weighted by Gasteiger charge is 2.28. The Bertz CT molecular complexity index is 426. The van der Waals surface area contributed by atoms with Crippen LogP contribution in [-0.4, -0.2) is 13.6 Å². The fourth-order valence-electron chi connectivity index (χ4n) is 4.14. The van der Waals surface area contributed by atoms with Crippen LogP contribution in [0.2, 0.25) is 0 Å². The molecular weight excluding hydrogens is 242 g/mol. The van der Waals surface area contributed by atoms with E-state index in [0.717, 1.165) is 17.8 Å². The molecule has 0 radical (unpaired) electrons. The average Bonchev–Trinajstić information content (AvgIpc) is 2.37. The van der Waals surface area contributed by atoms with E-state index >= 15 is 0 Å². The first-order valence-electron chi connectivity index (χ1n) is 8.22. The molecule has 1 saturated carbocycles. The standard InChI is InChI=1S/C19H31N/c1-13-6-7-17(12-20-5)18(10-13)11-19-15(3)8-14(2)9-16(19)4/h8-9,13,17-18,20H,6-7,10-12H2,1-5H3. The van der Waals surface area contributed by atoms with E-state index in [1.165, 1.54) is 48.9 Å². The van der Waals surface area contributed by atoms with Crippen molar-refractivity contribution >= 4 is 0 Å². The Balaban J connectivity index is 2.17. The van der Waals surface area contributed by atoms with Gasteiger partial charge < -0.3 is 5.32 Å². The summed E-state index contributed by atoms with van der Waals surface area (Å²) in [4.78, 5) is 0. The van der Waals surface area contributed by atoms with Crippen molar-refractivity contribution in [1.29, 1.82) is 0 Å². The average molecular weight is 273 g/mol. The minimum atomic E-state index is 0.853. The van der Waals surface area contributed by atoms with E-state index in [-0.39, 0.29) is 0 Å². The van der Waals surface area contributed by atoms with Crippen molar-refractivity contribution in [3.63, 3.8) is 0 Å². The number of rotatable bonds is 4. The lowest BCUT2D eigenvalue weighted by molar-refractivity contribution is 0.186. The zero-order valence-corrected chi connectivity index (χ0v) is 13.9. The lowest BCUT2D eigenvalue weighted by atomic mass is 9.71. The second kappa shape index (κ2) is 6.76. The van der Waals surface area contributed by atoms with Gasteiger partial charge in [0, 0.05) is 0 Å². The molecule has 1 fully saturated rings. The third-order valence-electron chi connectivity index (χ3n) is 5.18. The lowest BCUT2D eigenvalue weighted by Gasteiger charge is -2.35. The molecule has 1 heteroatoms. The Hall–Kier alpha value is -0.820. The van der Waals surface area contributed by atoms with Crippen LogP contribution in [0, 0.1) is 38.5 Å². The molecule has 0 spiro atoms. The molecule has 3 atom stereocenters. The van der Waals surface area contributed by atoms with Gasteiger partial charge in [-0.2, -0.15) is 0 Å². The van der Waals surface area contributed by atoms with Crippen LogP contribution < -0.4 is 5.32 Å². The molecule has 1 N–H and O–H groups in total. The monoisotopic (exact) mass is 273 g/mol.